The second-order valence-corrected chi connectivity index (χ2v) is 4.34. The first kappa shape index (κ1) is 10.5. The van der Waals surface area contributed by atoms with E-state index >= 15 is 0 Å². The van der Waals surface area contributed by atoms with E-state index in [1.165, 1.54) is 0 Å². The molecule has 1 atom stereocenters. The lowest BCUT2D eigenvalue weighted by Gasteiger charge is -2.24. The molecule has 3 nitrogen and oxygen atoms in total. The van der Waals surface area contributed by atoms with Crippen LogP contribution >= 0.6 is 0 Å². The molecule has 0 bridgehead atoms. The van der Waals surface area contributed by atoms with Crippen molar-refractivity contribution in [2.75, 3.05) is 13.1 Å². The van der Waals surface area contributed by atoms with Gasteiger partial charge in [-0.15, -0.1) is 0 Å². The zero-order valence-electron chi connectivity index (χ0n) is 8.62. The van der Waals surface area contributed by atoms with E-state index in [1.54, 1.807) is 0 Å². The summed E-state index contributed by atoms with van der Waals surface area (Å²) >= 11 is 0. The van der Waals surface area contributed by atoms with Crippen LogP contribution in [0.25, 0.3) is 0 Å². The monoisotopic (exact) mass is 184 g/mol. The van der Waals surface area contributed by atoms with Crippen LogP contribution in [-0.2, 0) is 4.79 Å². The van der Waals surface area contributed by atoms with Gasteiger partial charge in [-0.1, -0.05) is 13.8 Å². The Labute approximate surface area is 80.3 Å². The molecular formula is C10H20N2O. The molecule has 0 aliphatic carbocycles. The van der Waals surface area contributed by atoms with E-state index in [4.69, 9.17) is 5.73 Å². The molecule has 0 radical (unpaired) electrons. The number of carbonyl (C=O) groups is 1. The van der Waals surface area contributed by atoms with Crippen molar-refractivity contribution in [1.29, 1.82) is 0 Å². The third-order valence-electron chi connectivity index (χ3n) is 2.36. The Hall–Kier alpha value is -0.570. The highest BCUT2D eigenvalue weighted by atomic mass is 16.2. The zero-order chi connectivity index (χ0) is 9.84. The molecule has 2 N–H and O–H groups in total. The average molecular weight is 184 g/mol. The molecule has 1 amide bonds. The number of rotatable bonds is 2. The number of amides is 1. The summed E-state index contributed by atoms with van der Waals surface area (Å²) in [5.74, 6) is 0.816. The van der Waals surface area contributed by atoms with Crippen LogP contribution in [0, 0.1) is 5.92 Å². The summed E-state index contributed by atoms with van der Waals surface area (Å²) in [6, 6.07) is 0.185. The maximum Gasteiger partial charge on any atom is 0.222 e. The van der Waals surface area contributed by atoms with Crippen LogP contribution < -0.4 is 5.73 Å². The molecule has 1 saturated heterocycles. The highest BCUT2D eigenvalue weighted by Crippen LogP contribution is 2.12. The normalized spacial score (nSPS) is 25.1. The van der Waals surface area contributed by atoms with Crippen LogP contribution in [0.2, 0.25) is 0 Å². The molecule has 1 aliphatic rings. The second kappa shape index (κ2) is 4.61. The van der Waals surface area contributed by atoms with Gasteiger partial charge in [-0.3, -0.25) is 4.79 Å². The van der Waals surface area contributed by atoms with Gasteiger partial charge in [0.05, 0.1) is 0 Å². The summed E-state index contributed by atoms with van der Waals surface area (Å²) in [5.41, 5.74) is 5.87. The van der Waals surface area contributed by atoms with Gasteiger partial charge in [0.25, 0.3) is 0 Å². The first-order valence-electron chi connectivity index (χ1n) is 5.13. The quantitative estimate of drug-likeness (QED) is 0.695. The van der Waals surface area contributed by atoms with Gasteiger partial charge in [-0.2, -0.15) is 0 Å². The molecule has 76 valence electrons. The Balaban J connectivity index is 2.51. The van der Waals surface area contributed by atoms with E-state index in [0.29, 0.717) is 12.3 Å². The van der Waals surface area contributed by atoms with E-state index < -0.39 is 0 Å². The van der Waals surface area contributed by atoms with Crippen molar-refractivity contribution in [3.8, 4) is 0 Å². The Morgan fingerprint density at radius 1 is 1.62 bits per heavy atom. The fraction of sp³-hybridized carbons (Fsp3) is 0.900. The number of nitrogens with zero attached hydrogens (tertiary/aromatic N) is 1. The molecule has 3 heteroatoms. The van der Waals surface area contributed by atoms with Crippen molar-refractivity contribution in [2.24, 2.45) is 11.7 Å². The van der Waals surface area contributed by atoms with Crippen LogP contribution in [-0.4, -0.2) is 29.9 Å². The zero-order valence-corrected chi connectivity index (χ0v) is 8.62. The lowest BCUT2D eigenvalue weighted by atomic mass is 10.1. The maximum absolute atomic E-state index is 11.6. The molecule has 0 aromatic rings. The molecule has 0 aromatic heterocycles. The predicted octanol–water partition coefficient (Wildman–Crippen LogP) is 0.982. The molecule has 0 spiro atoms. The van der Waals surface area contributed by atoms with Gasteiger partial charge in [0.15, 0.2) is 0 Å². The number of nitrogens with two attached hydrogens (primary N) is 1. The lowest BCUT2D eigenvalue weighted by Crippen LogP contribution is -2.40. The molecule has 1 heterocycles. The van der Waals surface area contributed by atoms with Crippen LogP contribution in [0.1, 0.15) is 33.1 Å². The van der Waals surface area contributed by atoms with Crippen LogP contribution in [0.4, 0.5) is 0 Å². The topological polar surface area (TPSA) is 46.3 Å². The average Bonchev–Trinajstić information content (AvgIpc) is 2.14. The molecule has 1 rings (SSSR count). The predicted molar refractivity (Wildman–Crippen MR) is 53.2 cm³/mol. The van der Waals surface area contributed by atoms with Gasteiger partial charge in [-0.05, 0) is 18.8 Å². The first-order valence-corrected chi connectivity index (χ1v) is 5.13. The van der Waals surface area contributed by atoms with Crippen molar-refractivity contribution >= 4 is 5.91 Å². The Bertz CT molecular complexity index is 180. The number of hydrogen-bond donors (Lipinski definition) is 1. The number of carbonyl (C=O) groups excluding carboxylic acids is 1. The minimum absolute atomic E-state index is 0.185. The van der Waals surface area contributed by atoms with Crippen LogP contribution in [0.3, 0.4) is 0 Å². The van der Waals surface area contributed by atoms with Gasteiger partial charge in [-0.25, -0.2) is 0 Å². The van der Waals surface area contributed by atoms with Crippen molar-refractivity contribution in [3.05, 3.63) is 0 Å². The van der Waals surface area contributed by atoms with Gasteiger partial charge >= 0.3 is 0 Å². The van der Waals surface area contributed by atoms with E-state index in [0.717, 1.165) is 25.9 Å². The fourth-order valence-corrected chi connectivity index (χ4v) is 1.77. The summed E-state index contributed by atoms with van der Waals surface area (Å²) in [7, 11) is 0. The molecule has 1 aliphatic heterocycles. The first-order chi connectivity index (χ1) is 6.09. The molecule has 1 unspecified atom stereocenters. The summed E-state index contributed by atoms with van der Waals surface area (Å²) in [6.45, 7) is 5.86. The summed E-state index contributed by atoms with van der Waals surface area (Å²) in [6.07, 6.45) is 2.62. The highest BCUT2D eigenvalue weighted by molar-refractivity contribution is 5.76. The minimum atomic E-state index is 0.185. The van der Waals surface area contributed by atoms with Crippen LogP contribution in [0.5, 0.6) is 0 Å². The molecule has 13 heavy (non-hydrogen) atoms. The smallest absolute Gasteiger partial charge is 0.222 e. The Morgan fingerprint density at radius 2 is 2.31 bits per heavy atom. The minimum Gasteiger partial charge on any atom is -0.341 e. The molecule has 0 saturated carbocycles. The number of hydrogen-bond acceptors (Lipinski definition) is 2. The standard InChI is InChI=1S/C10H20N2O/c1-8(2)6-12-7-9(11)4-3-5-10(12)13/h8-9H,3-7,11H2,1-2H3. The Kier molecular flexibility index (Phi) is 3.72. The molecule has 0 aromatic carbocycles. The van der Waals surface area contributed by atoms with Gasteiger partial charge < -0.3 is 10.6 Å². The fourth-order valence-electron chi connectivity index (χ4n) is 1.77. The molecule has 1 fully saturated rings. The van der Waals surface area contributed by atoms with Crippen molar-refractivity contribution in [2.45, 2.75) is 39.2 Å². The van der Waals surface area contributed by atoms with E-state index in [9.17, 15) is 4.79 Å². The summed E-state index contributed by atoms with van der Waals surface area (Å²) in [5, 5.41) is 0. The van der Waals surface area contributed by atoms with E-state index in [2.05, 4.69) is 13.8 Å². The lowest BCUT2D eigenvalue weighted by molar-refractivity contribution is -0.131. The third-order valence-corrected chi connectivity index (χ3v) is 2.36. The van der Waals surface area contributed by atoms with Gasteiger partial charge in [0, 0.05) is 25.6 Å². The number of likely N-dealkylation sites (tertiary alicyclic amines) is 1. The maximum atomic E-state index is 11.6. The summed E-state index contributed by atoms with van der Waals surface area (Å²) < 4.78 is 0. The highest BCUT2D eigenvalue weighted by Gasteiger charge is 2.21. The summed E-state index contributed by atoms with van der Waals surface area (Å²) in [4.78, 5) is 13.5. The van der Waals surface area contributed by atoms with E-state index in [1.807, 2.05) is 4.90 Å². The van der Waals surface area contributed by atoms with Gasteiger partial charge in [0.2, 0.25) is 5.91 Å². The molecular weight excluding hydrogens is 164 g/mol. The SMILES string of the molecule is CC(C)CN1CC(N)CCCC1=O. The third kappa shape index (κ3) is 3.35. The van der Waals surface area contributed by atoms with Crippen molar-refractivity contribution in [1.82, 2.24) is 4.90 Å². The van der Waals surface area contributed by atoms with E-state index in [-0.39, 0.29) is 11.9 Å². The van der Waals surface area contributed by atoms with Gasteiger partial charge in [0.1, 0.15) is 0 Å². The second-order valence-electron chi connectivity index (χ2n) is 4.34. The largest absolute Gasteiger partial charge is 0.341 e. The Morgan fingerprint density at radius 3 is 2.92 bits per heavy atom. The van der Waals surface area contributed by atoms with Crippen LogP contribution in [0.15, 0.2) is 0 Å². The van der Waals surface area contributed by atoms with Crippen molar-refractivity contribution in [3.63, 3.8) is 0 Å². The van der Waals surface area contributed by atoms with Crippen molar-refractivity contribution < 1.29 is 4.79 Å².